The van der Waals surface area contributed by atoms with Crippen LogP contribution in [0.2, 0.25) is 0 Å². The van der Waals surface area contributed by atoms with Crippen molar-refractivity contribution < 1.29 is 0 Å². The fraction of sp³-hybridized carbons (Fsp3) is 0.667. The minimum atomic E-state index is 0.536. The van der Waals surface area contributed by atoms with Crippen LogP contribution in [0.5, 0.6) is 0 Å². The molecule has 0 saturated heterocycles. The van der Waals surface area contributed by atoms with E-state index in [1.54, 1.807) is 5.57 Å². The van der Waals surface area contributed by atoms with Crippen molar-refractivity contribution in [3.8, 4) is 0 Å². The molecule has 1 saturated carbocycles. The Labute approximate surface area is 76.4 Å². The fourth-order valence-corrected chi connectivity index (χ4v) is 1.50. The zero-order valence-corrected chi connectivity index (χ0v) is 8.56. The topological polar surface area (TPSA) is 0 Å². The van der Waals surface area contributed by atoms with Crippen LogP contribution in [-0.4, -0.2) is 0 Å². The maximum absolute atomic E-state index is 3.75. The third-order valence-corrected chi connectivity index (χ3v) is 2.71. The van der Waals surface area contributed by atoms with Gasteiger partial charge in [0.25, 0.3) is 0 Å². The first-order chi connectivity index (χ1) is 5.56. The van der Waals surface area contributed by atoms with Crippen LogP contribution in [0.1, 0.15) is 40.0 Å². The molecule has 0 radical (unpaired) electrons. The molecule has 1 fully saturated rings. The number of hydrogen-bond donors (Lipinski definition) is 0. The van der Waals surface area contributed by atoms with Crippen molar-refractivity contribution in [2.45, 2.75) is 40.0 Å². The van der Waals surface area contributed by atoms with E-state index < -0.39 is 0 Å². The zero-order chi connectivity index (χ0) is 9.19. The smallest absolute Gasteiger partial charge is 0.0107 e. The molecule has 0 bridgehead atoms. The summed E-state index contributed by atoms with van der Waals surface area (Å²) in [5.74, 6) is 0.770. The Morgan fingerprint density at radius 3 is 2.50 bits per heavy atom. The molecule has 0 N–H and O–H groups in total. The molecule has 1 aliphatic carbocycles. The van der Waals surface area contributed by atoms with Crippen LogP contribution in [0.15, 0.2) is 24.3 Å². The van der Waals surface area contributed by atoms with E-state index in [0.29, 0.717) is 5.41 Å². The molecule has 0 amide bonds. The van der Waals surface area contributed by atoms with E-state index in [4.69, 9.17) is 0 Å². The summed E-state index contributed by atoms with van der Waals surface area (Å²) in [7, 11) is 0. The minimum Gasteiger partial charge on any atom is -0.103 e. The SMILES string of the molecule is C=CCC(C)CC=C1CC1(C)C. The molecule has 0 spiro atoms. The Hall–Kier alpha value is -0.520. The molecular weight excluding hydrogens is 144 g/mol. The molecule has 68 valence electrons. The fourth-order valence-electron chi connectivity index (χ4n) is 1.50. The molecule has 0 heteroatoms. The Kier molecular flexibility index (Phi) is 2.76. The van der Waals surface area contributed by atoms with Gasteiger partial charge in [-0.15, -0.1) is 6.58 Å². The number of hydrogen-bond acceptors (Lipinski definition) is 0. The molecule has 0 aromatic carbocycles. The number of allylic oxidation sites excluding steroid dienone is 3. The van der Waals surface area contributed by atoms with Gasteiger partial charge < -0.3 is 0 Å². The predicted molar refractivity (Wildman–Crippen MR) is 55.1 cm³/mol. The highest BCUT2D eigenvalue weighted by atomic mass is 14.4. The molecule has 1 unspecified atom stereocenters. The first-order valence-electron chi connectivity index (χ1n) is 4.86. The largest absolute Gasteiger partial charge is 0.103 e. The summed E-state index contributed by atoms with van der Waals surface area (Å²) in [4.78, 5) is 0. The van der Waals surface area contributed by atoms with E-state index >= 15 is 0 Å². The second-order valence-electron chi connectivity index (χ2n) is 4.66. The molecule has 1 rings (SSSR count). The molecule has 0 aliphatic heterocycles. The van der Waals surface area contributed by atoms with Crippen molar-refractivity contribution >= 4 is 0 Å². The lowest BCUT2D eigenvalue weighted by Crippen LogP contribution is -1.89. The highest BCUT2D eigenvalue weighted by Crippen LogP contribution is 2.51. The van der Waals surface area contributed by atoms with Crippen LogP contribution < -0.4 is 0 Å². The lowest BCUT2D eigenvalue weighted by atomic mass is 10.0. The summed E-state index contributed by atoms with van der Waals surface area (Å²) in [5, 5.41) is 0. The van der Waals surface area contributed by atoms with Gasteiger partial charge in [-0.05, 0) is 30.6 Å². The first-order valence-corrected chi connectivity index (χ1v) is 4.86. The maximum Gasteiger partial charge on any atom is -0.0107 e. The van der Waals surface area contributed by atoms with Gasteiger partial charge in [-0.1, -0.05) is 38.5 Å². The highest BCUT2D eigenvalue weighted by molar-refractivity contribution is 5.29. The standard InChI is InChI=1S/C12H20/c1-5-6-10(2)7-8-11-9-12(11,3)4/h5,8,10H,1,6-7,9H2,2-4H3. The summed E-state index contributed by atoms with van der Waals surface area (Å²) in [6, 6.07) is 0. The summed E-state index contributed by atoms with van der Waals surface area (Å²) < 4.78 is 0. The Morgan fingerprint density at radius 1 is 1.50 bits per heavy atom. The summed E-state index contributed by atoms with van der Waals surface area (Å²) in [6.45, 7) is 10.7. The maximum atomic E-state index is 3.75. The molecule has 12 heavy (non-hydrogen) atoms. The van der Waals surface area contributed by atoms with Gasteiger partial charge in [0.05, 0.1) is 0 Å². The van der Waals surface area contributed by atoms with Crippen LogP contribution in [0.4, 0.5) is 0 Å². The molecule has 1 atom stereocenters. The molecule has 0 aromatic heterocycles. The van der Waals surface area contributed by atoms with Gasteiger partial charge in [-0.2, -0.15) is 0 Å². The highest BCUT2D eigenvalue weighted by Gasteiger charge is 2.38. The summed E-state index contributed by atoms with van der Waals surface area (Å²) in [5.41, 5.74) is 2.19. The van der Waals surface area contributed by atoms with E-state index in [1.807, 2.05) is 6.08 Å². The van der Waals surface area contributed by atoms with Gasteiger partial charge in [-0.3, -0.25) is 0 Å². The number of rotatable bonds is 4. The normalized spacial score (nSPS) is 25.4. The van der Waals surface area contributed by atoms with Crippen molar-refractivity contribution in [3.05, 3.63) is 24.3 Å². The third kappa shape index (κ3) is 2.51. The van der Waals surface area contributed by atoms with E-state index in [9.17, 15) is 0 Å². The third-order valence-electron chi connectivity index (χ3n) is 2.71. The quantitative estimate of drug-likeness (QED) is 0.552. The van der Waals surface area contributed by atoms with Crippen LogP contribution >= 0.6 is 0 Å². The van der Waals surface area contributed by atoms with Crippen molar-refractivity contribution in [2.75, 3.05) is 0 Å². The van der Waals surface area contributed by atoms with Gasteiger partial charge in [-0.25, -0.2) is 0 Å². The second-order valence-corrected chi connectivity index (χ2v) is 4.66. The van der Waals surface area contributed by atoms with Gasteiger partial charge in [0.2, 0.25) is 0 Å². The van der Waals surface area contributed by atoms with Crippen LogP contribution in [-0.2, 0) is 0 Å². The lowest BCUT2D eigenvalue weighted by Gasteiger charge is -2.03. The van der Waals surface area contributed by atoms with E-state index in [1.165, 1.54) is 12.8 Å². The van der Waals surface area contributed by atoms with Crippen molar-refractivity contribution in [1.82, 2.24) is 0 Å². The summed E-state index contributed by atoms with van der Waals surface area (Å²) >= 11 is 0. The van der Waals surface area contributed by atoms with E-state index in [0.717, 1.165) is 12.3 Å². The molecule has 0 heterocycles. The van der Waals surface area contributed by atoms with E-state index in [2.05, 4.69) is 33.4 Å². The van der Waals surface area contributed by atoms with Gasteiger partial charge in [0.1, 0.15) is 0 Å². The minimum absolute atomic E-state index is 0.536. The van der Waals surface area contributed by atoms with Crippen molar-refractivity contribution in [2.24, 2.45) is 11.3 Å². The lowest BCUT2D eigenvalue weighted by molar-refractivity contribution is 0.600. The van der Waals surface area contributed by atoms with Crippen molar-refractivity contribution in [1.29, 1.82) is 0 Å². The molecule has 0 aromatic rings. The van der Waals surface area contributed by atoms with Crippen LogP contribution in [0.25, 0.3) is 0 Å². The molecular formula is C12H20. The summed E-state index contributed by atoms with van der Waals surface area (Å²) in [6.07, 6.45) is 8.12. The van der Waals surface area contributed by atoms with Gasteiger partial charge >= 0.3 is 0 Å². The zero-order valence-electron chi connectivity index (χ0n) is 8.56. The van der Waals surface area contributed by atoms with Crippen LogP contribution in [0.3, 0.4) is 0 Å². The Bertz CT molecular complexity index is 196. The van der Waals surface area contributed by atoms with Gasteiger partial charge in [0.15, 0.2) is 0 Å². The first kappa shape index (κ1) is 9.57. The van der Waals surface area contributed by atoms with Gasteiger partial charge in [0, 0.05) is 0 Å². The average molecular weight is 164 g/mol. The average Bonchev–Trinajstić information content (AvgIpc) is 2.56. The van der Waals surface area contributed by atoms with Crippen molar-refractivity contribution in [3.63, 3.8) is 0 Å². The second kappa shape index (κ2) is 3.47. The Balaban J connectivity index is 2.26. The van der Waals surface area contributed by atoms with Crippen LogP contribution in [0, 0.1) is 11.3 Å². The monoisotopic (exact) mass is 164 g/mol. The molecule has 1 aliphatic rings. The predicted octanol–water partition coefficient (Wildman–Crippen LogP) is 3.95. The molecule has 0 nitrogen and oxygen atoms in total. The Morgan fingerprint density at radius 2 is 2.08 bits per heavy atom. The van der Waals surface area contributed by atoms with E-state index in [-0.39, 0.29) is 0 Å².